The van der Waals surface area contributed by atoms with Gasteiger partial charge in [-0.25, -0.2) is 0 Å². The molecule has 0 fully saturated rings. The van der Waals surface area contributed by atoms with E-state index in [1.807, 2.05) is 84.9 Å². The predicted molar refractivity (Wildman–Crippen MR) is 122 cm³/mol. The third-order valence-electron chi connectivity index (χ3n) is 4.98. The lowest BCUT2D eigenvalue weighted by molar-refractivity contribution is -0.122. The van der Waals surface area contributed by atoms with Gasteiger partial charge in [-0.2, -0.15) is 5.10 Å². The zero-order chi connectivity index (χ0) is 21.6. The molecule has 0 radical (unpaired) electrons. The van der Waals surface area contributed by atoms with Crippen LogP contribution in [0.25, 0.3) is 11.4 Å². The molecule has 0 aliphatic rings. The number of hydrogen-bond acceptors (Lipinski definition) is 4. The van der Waals surface area contributed by atoms with E-state index in [-0.39, 0.29) is 18.5 Å². The smallest absolute Gasteiger partial charge is 0.240 e. The van der Waals surface area contributed by atoms with Crippen LogP contribution in [0.5, 0.6) is 5.75 Å². The van der Waals surface area contributed by atoms with Gasteiger partial charge >= 0.3 is 0 Å². The molecule has 7 heteroatoms. The number of H-pyrrole nitrogens is 1. The Morgan fingerprint density at radius 2 is 1.58 bits per heavy atom. The normalized spacial score (nSPS) is 10.8. The largest absolute Gasteiger partial charge is 0.497 e. The molecule has 0 aliphatic carbocycles. The minimum atomic E-state index is -0.264. The van der Waals surface area contributed by atoms with Crippen LogP contribution in [0.1, 0.15) is 17.2 Å². The Morgan fingerprint density at radius 1 is 1.00 bits per heavy atom. The standard InChI is InChI=1S/C24H22N4O2S/c1-30-20-14-12-19(13-15-20)23-26-27-24(31)28(23)16-21(29)25-22(17-8-4-2-5-9-17)18-10-6-3-7-11-18/h2-15,22H,16H2,1H3,(H,25,29)(H,27,31). The molecular formula is C24H22N4O2S. The van der Waals surface area contributed by atoms with Crippen LogP contribution < -0.4 is 10.1 Å². The molecule has 0 spiro atoms. The SMILES string of the molecule is COc1ccc(-c2n[nH]c(=S)n2CC(=O)NC(c2ccccc2)c2ccccc2)cc1. The average Bonchev–Trinajstić information content (AvgIpc) is 3.18. The van der Waals surface area contributed by atoms with Crippen molar-refractivity contribution in [1.29, 1.82) is 0 Å². The van der Waals surface area contributed by atoms with Gasteiger partial charge in [0.25, 0.3) is 0 Å². The van der Waals surface area contributed by atoms with E-state index in [0.29, 0.717) is 10.6 Å². The summed E-state index contributed by atoms with van der Waals surface area (Å²) in [6, 6.07) is 27.0. The minimum absolute atomic E-state index is 0.0485. The molecular weight excluding hydrogens is 408 g/mol. The third kappa shape index (κ3) is 4.73. The molecule has 1 heterocycles. The molecule has 156 valence electrons. The first-order valence-corrected chi connectivity index (χ1v) is 10.3. The van der Waals surface area contributed by atoms with Gasteiger partial charge in [-0.1, -0.05) is 60.7 Å². The lowest BCUT2D eigenvalue weighted by atomic mass is 9.99. The molecule has 4 rings (SSSR count). The highest BCUT2D eigenvalue weighted by molar-refractivity contribution is 7.71. The number of rotatable bonds is 7. The topological polar surface area (TPSA) is 71.9 Å². The van der Waals surface area contributed by atoms with Crippen LogP contribution in [0, 0.1) is 4.77 Å². The van der Waals surface area contributed by atoms with E-state index in [2.05, 4.69) is 15.5 Å². The zero-order valence-electron chi connectivity index (χ0n) is 17.0. The number of aromatic nitrogens is 3. The quantitative estimate of drug-likeness (QED) is 0.423. The summed E-state index contributed by atoms with van der Waals surface area (Å²) in [6.07, 6.45) is 0. The van der Waals surface area contributed by atoms with Crippen molar-refractivity contribution in [1.82, 2.24) is 20.1 Å². The molecule has 3 aromatic carbocycles. The summed E-state index contributed by atoms with van der Waals surface area (Å²) in [5, 5.41) is 10.3. The molecule has 0 aliphatic heterocycles. The Hall–Kier alpha value is -3.71. The number of carbonyl (C=O) groups is 1. The molecule has 0 unspecified atom stereocenters. The van der Waals surface area contributed by atoms with E-state index < -0.39 is 0 Å². The Morgan fingerprint density at radius 3 is 2.13 bits per heavy atom. The van der Waals surface area contributed by atoms with Crippen LogP contribution in [0.3, 0.4) is 0 Å². The molecule has 31 heavy (non-hydrogen) atoms. The van der Waals surface area contributed by atoms with Gasteiger partial charge in [-0.15, -0.1) is 0 Å². The van der Waals surface area contributed by atoms with Gasteiger partial charge in [0, 0.05) is 5.56 Å². The molecule has 0 saturated heterocycles. The van der Waals surface area contributed by atoms with Gasteiger partial charge in [0.05, 0.1) is 13.2 Å². The number of carbonyl (C=O) groups excluding carboxylic acids is 1. The number of nitrogens with zero attached hydrogens (tertiary/aromatic N) is 2. The summed E-state index contributed by atoms with van der Waals surface area (Å²) in [5.74, 6) is 1.18. The molecule has 6 nitrogen and oxygen atoms in total. The summed E-state index contributed by atoms with van der Waals surface area (Å²) in [7, 11) is 1.62. The van der Waals surface area contributed by atoms with Crippen LogP contribution in [0.2, 0.25) is 0 Å². The van der Waals surface area contributed by atoms with E-state index in [0.717, 1.165) is 22.4 Å². The van der Waals surface area contributed by atoms with Crippen molar-refractivity contribution in [2.75, 3.05) is 7.11 Å². The van der Waals surface area contributed by atoms with E-state index in [1.165, 1.54) is 0 Å². The second-order valence-electron chi connectivity index (χ2n) is 6.99. The fraction of sp³-hybridized carbons (Fsp3) is 0.125. The number of ether oxygens (including phenoxy) is 1. The maximum absolute atomic E-state index is 13.1. The summed E-state index contributed by atoms with van der Waals surface area (Å²) >= 11 is 5.38. The first-order chi connectivity index (χ1) is 15.2. The van der Waals surface area contributed by atoms with Crippen LogP contribution in [0.15, 0.2) is 84.9 Å². The van der Waals surface area contributed by atoms with Gasteiger partial charge in [0.15, 0.2) is 10.6 Å². The van der Waals surface area contributed by atoms with E-state index in [1.54, 1.807) is 11.7 Å². The van der Waals surface area contributed by atoms with E-state index >= 15 is 0 Å². The first kappa shape index (κ1) is 20.6. The van der Waals surface area contributed by atoms with Crippen molar-refractivity contribution in [3.63, 3.8) is 0 Å². The van der Waals surface area contributed by atoms with Crippen LogP contribution in [0.4, 0.5) is 0 Å². The Balaban J connectivity index is 1.59. The fourth-order valence-corrected chi connectivity index (χ4v) is 3.62. The van der Waals surface area contributed by atoms with Crippen LogP contribution in [-0.4, -0.2) is 27.8 Å². The Kier molecular flexibility index (Phi) is 6.24. The van der Waals surface area contributed by atoms with Crippen molar-refractivity contribution in [3.8, 4) is 17.1 Å². The maximum atomic E-state index is 13.1. The Bertz CT molecular complexity index is 1160. The monoisotopic (exact) mass is 430 g/mol. The van der Waals surface area contributed by atoms with Gasteiger partial charge in [0.1, 0.15) is 12.3 Å². The minimum Gasteiger partial charge on any atom is -0.497 e. The second kappa shape index (κ2) is 9.40. The lowest BCUT2D eigenvalue weighted by Crippen LogP contribution is -2.32. The molecule has 0 saturated carbocycles. The van der Waals surface area contributed by atoms with Gasteiger partial charge < -0.3 is 10.1 Å². The van der Waals surface area contributed by atoms with Crippen molar-refractivity contribution < 1.29 is 9.53 Å². The van der Waals surface area contributed by atoms with Crippen molar-refractivity contribution in [2.45, 2.75) is 12.6 Å². The van der Waals surface area contributed by atoms with E-state index in [9.17, 15) is 4.79 Å². The predicted octanol–water partition coefficient (Wildman–Crippen LogP) is 4.52. The maximum Gasteiger partial charge on any atom is 0.240 e. The summed E-state index contributed by atoms with van der Waals surface area (Å²) in [5.41, 5.74) is 2.85. The molecule has 0 atom stereocenters. The number of benzene rings is 3. The average molecular weight is 431 g/mol. The summed E-state index contributed by atoms with van der Waals surface area (Å²) < 4.78 is 7.29. The second-order valence-corrected chi connectivity index (χ2v) is 7.38. The summed E-state index contributed by atoms with van der Waals surface area (Å²) in [6.45, 7) is 0.0485. The van der Waals surface area contributed by atoms with Gasteiger partial charge in [0.2, 0.25) is 5.91 Å². The van der Waals surface area contributed by atoms with Gasteiger partial charge in [-0.3, -0.25) is 14.5 Å². The number of methoxy groups -OCH3 is 1. The number of amides is 1. The number of nitrogens with one attached hydrogen (secondary N) is 2. The fourth-order valence-electron chi connectivity index (χ4n) is 3.43. The Labute approximate surface area is 185 Å². The van der Waals surface area contributed by atoms with Crippen molar-refractivity contribution >= 4 is 18.1 Å². The van der Waals surface area contributed by atoms with Gasteiger partial charge in [-0.05, 0) is 47.6 Å². The highest BCUT2D eigenvalue weighted by atomic mass is 32.1. The van der Waals surface area contributed by atoms with Crippen LogP contribution >= 0.6 is 12.2 Å². The van der Waals surface area contributed by atoms with Crippen molar-refractivity contribution in [3.05, 3.63) is 101 Å². The van der Waals surface area contributed by atoms with Crippen LogP contribution in [-0.2, 0) is 11.3 Å². The molecule has 0 bridgehead atoms. The third-order valence-corrected chi connectivity index (χ3v) is 5.29. The molecule has 4 aromatic rings. The molecule has 1 amide bonds. The van der Waals surface area contributed by atoms with E-state index in [4.69, 9.17) is 17.0 Å². The molecule has 2 N–H and O–H groups in total. The lowest BCUT2D eigenvalue weighted by Gasteiger charge is -2.20. The summed E-state index contributed by atoms with van der Waals surface area (Å²) in [4.78, 5) is 13.1. The number of aromatic amines is 1. The number of hydrogen-bond donors (Lipinski definition) is 2. The highest BCUT2D eigenvalue weighted by Crippen LogP contribution is 2.23. The molecule has 1 aromatic heterocycles. The first-order valence-electron chi connectivity index (χ1n) is 9.84. The van der Waals surface area contributed by atoms with Crippen molar-refractivity contribution in [2.24, 2.45) is 0 Å². The zero-order valence-corrected chi connectivity index (χ0v) is 17.8. The highest BCUT2D eigenvalue weighted by Gasteiger charge is 2.18.